The van der Waals surface area contributed by atoms with Gasteiger partial charge in [-0.1, -0.05) is 60.1 Å². The van der Waals surface area contributed by atoms with Gasteiger partial charge in [-0.3, -0.25) is 0 Å². The summed E-state index contributed by atoms with van der Waals surface area (Å²) in [5.74, 6) is 12.7. The molecule has 0 spiro atoms. The van der Waals surface area contributed by atoms with Crippen molar-refractivity contribution in [2.75, 3.05) is 26.4 Å². The van der Waals surface area contributed by atoms with Crippen molar-refractivity contribution in [2.24, 2.45) is 0 Å². The fourth-order valence-electron chi connectivity index (χ4n) is 6.30. The molecule has 0 bridgehead atoms. The monoisotopic (exact) mass is 624 g/mol. The summed E-state index contributed by atoms with van der Waals surface area (Å²) in [6.07, 6.45) is 22.4. The molecule has 0 radical (unpaired) electrons. The van der Waals surface area contributed by atoms with Crippen molar-refractivity contribution in [2.45, 2.75) is 0 Å². The molecule has 0 fully saturated rings. The first-order valence-electron chi connectivity index (χ1n) is 15.2. The number of ether oxygens (including phenoxy) is 4. The van der Waals surface area contributed by atoms with Crippen LogP contribution in [0.1, 0.15) is 0 Å². The number of terminal acetylenes is 4. The van der Waals surface area contributed by atoms with Crippen molar-refractivity contribution in [3.63, 3.8) is 0 Å². The summed E-state index contributed by atoms with van der Waals surface area (Å²) in [4.78, 5) is 7.49. The van der Waals surface area contributed by atoms with E-state index in [0.29, 0.717) is 23.0 Å². The zero-order chi connectivity index (χ0) is 33.0. The summed E-state index contributed by atoms with van der Waals surface area (Å²) < 4.78 is 24.1. The zero-order valence-corrected chi connectivity index (χ0v) is 25.9. The van der Waals surface area contributed by atoms with Crippen LogP contribution in [0, 0.1) is 49.4 Å². The molecular weight excluding hydrogens is 596 g/mol. The normalized spacial score (nSPS) is 10.8. The summed E-state index contributed by atoms with van der Waals surface area (Å²) >= 11 is 0. The molecule has 2 aromatic heterocycles. The quantitative estimate of drug-likeness (QED) is 0.150. The fourth-order valence-corrected chi connectivity index (χ4v) is 6.30. The molecule has 0 saturated heterocycles. The predicted octanol–water partition coefficient (Wildman–Crippen LogP) is 8.34. The van der Waals surface area contributed by atoms with Crippen molar-refractivity contribution in [3.8, 4) is 94.6 Å². The number of para-hydroxylation sites is 2. The average molecular weight is 625 g/mol. The summed E-state index contributed by atoms with van der Waals surface area (Å²) in [7, 11) is 0. The Bertz CT molecular complexity index is 2350. The maximum absolute atomic E-state index is 6.16. The third kappa shape index (κ3) is 5.15. The Morgan fingerprint density at radius 3 is 1.29 bits per heavy atom. The highest BCUT2D eigenvalue weighted by molar-refractivity contribution is 6.32. The highest BCUT2D eigenvalue weighted by atomic mass is 16.5. The molecule has 0 aliphatic rings. The lowest BCUT2D eigenvalue weighted by atomic mass is 9.89. The second kappa shape index (κ2) is 12.9. The lowest BCUT2D eigenvalue weighted by molar-refractivity contribution is 0.361. The van der Waals surface area contributed by atoms with Crippen LogP contribution in [0.25, 0.3) is 65.9 Å². The summed E-state index contributed by atoms with van der Waals surface area (Å²) in [5, 5.41) is 3.93. The van der Waals surface area contributed by atoms with Crippen LogP contribution in [0.2, 0.25) is 0 Å². The summed E-state index contributed by atoms with van der Waals surface area (Å²) in [5.41, 5.74) is 7.03. The van der Waals surface area contributed by atoms with Crippen LogP contribution in [0.3, 0.4) is 0 Å². The Hall–Kier alpha value is -6.86. The lowest BCUT2D eigenvalue weighted by Crippen LogP contribution is -2.00. The van der Waals surface area contributed by atoms with Gasteiger partial charge in [0.2, 0.25) is 0 Å². The average Bonchev–Trinajstić information content (AvgIpc) is 3.70. The number of nitrogens with one attached hydrogen (secondary N) is 2. The van der Waals surface area contributed by atoms with E-state index in [1.54, 1.807) is 0 Å². The molecule has 2 heterocycles. The van der Waals surface area contributed by atoms with Crippen LogP contribution in [0.4, 0.5) is 0 Å². The molecule has 0 aliphatic carbocycles. The molecule has 48 heavy (non-hydrogen) atoms. The van der Waals surface area contributed by atoms with Gasteiger partial charge in [-0.25, -0.2) is 0 Å². The van der Waals surface area contributed by atoms with Gasteiger partial charge in [-0.05, 0) is 48.5 Å². The van der Waals surface area contributed by atoms with Gasteiger partial charge in [-0.15, -0.1) is 25.7 Å². The summed E-state index contributed by atoms with van der Waals surface area (Å²) in [6.45, 7) is 0.406. The number of hydrogen-bond acceptors (Lipinski definition) is 4. The number of fused-ring (bicyclic) bond motifs is 6. The van der Waals surface area contributed by atoms with Crippen LogP contribution >= 0.6 is 0 Å². The van der Waals surface area contributed by atoms with E-state index in [0.717, 1.165) is 65.9 Å². The second-order valence-electron chi connectivity index (χ2n) is 10.9. The number of hydrogen-bond donors (Lipinski definition) is 2. The molecule has 7 rings (SSSR count). The van der Waals surface area contributed by atoms with E-state index < -0.39 is 0 Å². The fraction of sp³-hybridized carbons (Fsp3) is 0.0952. The van der Waals surface area contributed by atoms with E-state index in [1.165, 1.54) is 0 Å². The van der Waals surface area contributed by atoms with Crippen LogP contribution in [0.5, 0.6) is 23.0 Å². The molecule has 0 aliphatic heterocycles. The molecule has 0 saturated carbocycles. The van der Waals surface area contributed by atoms with E-state index in [1.807, 2.05) is 60.7 Å². The molecule has 5 aromatic carbocycles. The Kier molecular flexibility index (Phi) is 7.99. The maximum Gasteiger partial charge on any atom is 0.148 e. The third-order valence-corrected chi connectivity index (χ3v) is 8.12. The predicted molar refractivity (Wildman–Crippen MR) is 193 cm³/mol. The lowest BCUT2D eigenvalue weighted by Gasteiger charge is -2.18. The standard InChI is InChI=1S/C42H28N2O4/c1-5-21-45-27-17-19-35(47-23-7-3)31(25-27)39-37-29-13-9-11-15-33(29)44-42(37)40(38-30-14-10-12-16-34(30)43-41(38)39)32-26-28(46-22-6-2)18-20-36(32)48-24-8-4/h1-4,9-20,25-26,43-44H,21-24H2. The van der Waals surface area contributed by atoms with Crippen molar-refractivity contribution in [3.05, 3.63) is 84.9 Å². The first kappa shape index (κ1) is 29.8. The number of aromatic nitrogens is 2. The van der Waals surface area contributed by atoms with Gasteiger partial charge < -0.3 is 28.9 Å². The minimum absolute atomic E-state index is 0.0862. The molecule has 0 amide bonds. The Morgan fingerprint density at radius 2 is 0.875 bits per heavy atom. The van der Waals surface area contributed by atoms with Crippen LogP contribution < -0.4 is 18.9 Å². The van der Waals surface area contributed by atoms with E-state index in [9.17, 15) is 0 Å². The first-order valence-corrected chi connectivity index (χ1v) is 15.2. The number of benzene rings is 5. The van der Waals surface area contributed by atoms with Crippen molar-refractivity contribution >= 4 is 43.6 Å². The second-order valence-corrected chi connectivity index (χ2v) is 10.9. The molecule has 7 aromatic rings. The molecule has 0 unspecified atom stereocenters. The highest BCUT2D eigenvalue weighted by Gasteiger charge is 2.27. The first-order chi connectivity index (χ1) is 23.7. The van der Waals surface area contributed by atoms with Gasteiger partial charge in [0.25, 0.3) is 0 Å². The minimum atomic E-state index is 0.0862. The molecule has 0 atom stereocenters. The highest BCUT2D eigenvalue weighted by Crippen LogP contribution is 2.52. The van der Waals surface area contributed by atoms with E-state index >= 15 is 0 Å². The van der Waals surface area contributed by atoms with Gasteiger partial charge in [0.15, 0.2) is 0 Å². The van der Waals surface area contributed by atoms with Gasteiger partial charge in [0.1, 0.15) is 49.4 Å². The van der Waals surface area contributed by atoms with Crippen LogP contribution in [-0.2, 0) is 0 Å². The van der Waals surface area contributed by atoms with Gasteiger partial charge in [0.05, 0.1) is 11.0 Å². The number of H-pyrrole nitrogens is 2. The van der Waals surface area contributed by atoms with Gasteiger partial charge in [-0.2, -0.15) is 0 Å². The maximum atomic E-state index is 6.16. The van der Waals surface area contributed by atoms with Gasteiger partial charge >= 0.3 is 0 Å². The smallest absolute Gasteiger partial charge is 0.148 e. The molecule has 6 nitrogen and oxygen atoms in total. The third-order valence-electron chi connectivity index (χ3n) is 8.12. The Labute approximate surface area is 278 Å². The van der Waals surface area contributed by atoms with E-state index in [2.05, 4.69) is 57.9 Å². The van der Waals surface area contributed by atoms with Crippen molar-refractivity contribution < 1.29 is 18.9 Å². The van der Waals surface area contributed by atoms with Crippen molar-refractivity contribution in [1.82, 2.24) is 9.97 Å². The van der Waals surface area contributed by atoms with Crippen LogP contribution in [0.15, 0.2) is 84.9 Å². The van der Waals surface area contributed by atoms with Gasteiger partial charge in [0, 0.05) is 54.8 Å². The molecule has 2 N–H and O–H groups in total. The Balaban J connectivity index is 1.69. The molecule has 6 heteroatoms. The molecular formula is C42H28N2O4. The zero-order valence-electron chi connectivity index (χ0n) is 25.9. The largest absolute Gasteiger partial charge is 0.481 e. The SMILES string of the molecule is C#CCOc1ccc(OCC#C)c(-c2c3[nH]c4ccccc4c3c(-c3cc(OCC#C)ccc3OCC#C)c3[nH]c4ccccc4c23)c1. The van der Waals surface area contributed by atoms with E-state index in [4.69, 9.17) is 44.6 Å². The molecule has 230 valence electrons. The summed E-state index contributed by atoms with van der Waals surface area (Å²) in [6, 6.07) is 27.6. The van der Waals surface area contributed by atoms with E-state index in [-0.39, 0.29) is 26.4 Å². The number of rotatable bonds is 10. The topological polar surface area (TPSA) is 68.5 Å². The van der Waals surface area contributed by atoms with Crippen LogP contribution in [-0.4, -0.2) is 36.4 Å². The minimum Gasteiger partial charge on any atom is -0.481 e. The number of aromatic amines is 2. The van der Waals surface area contributed by atoms with Crippen molar-refractivity contribution in [1.29, 1.82) is 0 Å². The Morgan fingerprint density at radius 1 is 0.479 bits per heavy atom.